The van der Waals surface area contributed by atoms with Gasteiger partial charge in [-0.3, -0.25) is 14.4 Å². The maximum atomic E-state index is 11.7. The molecule has 0 aromatic heterocycles. The number of ether oxygens (including phenoxy) is 2. The molecule has 0 saturated heterocycles. The first-order chi connectivity index (χ1) is 12.0. The average Bonchev–Trinajstić information content (AvgIpc) is 2.57. The Morgan fingerprint density at radius 3 is 1.96 bits per heavy atom. The fourth-order valence-corrected chi connectivity index (χ4v) is 3.09. The number of hydrogen-bond acceptors (Lipinski definition) is 7. The number of thioether (sulfide) groups is 1. The van der Waals surface area contributed by atoms with Crippen LogP contribution < -0.4 is 0 Å². The maximum Gasteiger partial charge on any atom is 0.307 e. The summed E-state index contributed by atoms with van der Waals surface area (Å²) in [5.74, 6) is 1.46. The van der Waals surface area contributed by atoms with Crippen molar-refractivity contribution in [2.75, 3.05) is 44.4 Å². The highest BCUT2D eigenvalue weighted by molar-refractivity contribution is 7.99. The third-order valence-electron chi connectivity index (χ3n) is 3.48. The quantitative estimate of drug-likeness (QED) is 0.303. The van der Waals surface area contributed by atoms with Gasteiger partial charge in [-0.1, -0.05) is 6.92 Å². The van der Waals surface area contributed by atoms with Crippen molar-refractivity contribution in [1.29, 1.82) is 0 Å². The van der Waals surface area contributed by atoms with Crippen molar-refractivity contribution < 1.29 is 23.9 Å². The number of hydrogen-bond donors (Lipinski definition) is 0. The topological polar surface area (TPSA) is 72.9 Å². The molecule has 0 heterocycles. The van der Waals surface area contributed by atoms with E-state index in [2.05, 4.69) is 4.90 Å². The van der Waals surface area contributed by atoms with Gasteiger partial charge in [0.15, 0.2) is 0 Å². The first-order valence-electron chi connectivity index (χ1n) is 9.16. The molecule has 0 amide bonds. The highest BCUT2D eigenvalue weighted by atomic mass is 32.2. The van der Waals surface area contributed by atoms with E-state index in [1.165, 1.54) is 0 Å². The summed E-state index contributed by atoms with van der Waals surface area (Å²) in [6.07, 6.45) is 2.75. The summed E-state index contributed by atoms with van der Waals surface area (Å²) >= 11 is 1.68. The zero-order valence-corrected chi connectivity index (χ0v) is 16.7. The second kappa shape index (κ2) is 16.4. The first kappa shape index (κ1) is 23.9. The Morgan fingerprint density at radius 2 is 1.36 bits per heavy atom. The molecule has 25 heavy (non-hydrogen) atoms. The van der Waals surface area contributed by atoms with E-state index in [1.54, 1.807) is 25.6 Å². The van der Waals surface area contributed by atoms with Crippen LogP contribution >= 0.6 is 11.8 Å². The molecule has 0 atom stereocenters. The molecule has 0 aliphatic heterocycles. The number of carbonyl (C=O) groups excluding carboxylic acids is 3. The highest BCUT2D eigenvalue weighted by Crippen LogP contribution is 2.07. The summed E-state index contributed by atoms with van der Waals surface area (Å²) in [5.41, 5.74) is 0. The molecule has 0 bridgehead atoms. The molecule has 0 aromatic rings. The van der Waals surface area contributed by atoms with Crippen LogP contribution in [0.15, 0.2) is 0 Å². The summed E-state index contributed by atoms with van der Waals surface area (Å²) in [6, 6.07) is 0. The Hall–Kier alpha value is -1.08. The lowest BCUT2D eigenvalue weighted by Crippen LogP contribution is -2.31. The van der Waals surface area contributed by atoms with Crippen LogP contribution in [0.1, 0.15) is 52.9 Å². The van der Waals surface area contributed by atoms with E-state index in [-0.39, 0.29) is 17.7 Å². The lowest BCUT2D eigenvalue weighted by atomic mass is 10.1. The molecule has 0 unspecified atom stereocenters. The molecule has 0 aliphatic carbocycles. The third-order valence-corrected chi connectivity index (χ3v) is 4.44. The minimum Gasteiger partial charge on any atom is -0.466 e. The second-order valence-electron chi connectivity index (χ2n) is 5.60. The predicted molar refractivity (Wildman–Crippen MR) is 101 cm³/mol. The molecule has 0 rings (SSSR count). The summed E-state index contributed by atoms with van der Waals surface area (Å²) in [7, 11) is 0. The van der Waals surface area contributed by atoms with Gasteiger partial charge in [-0.15, -0.1) is 0 Å². The molecule has 0 radical (unpaired) electrons. The van der Waals surface area contributed by atoms with Crippen molar-refractivity contribution in [3.05, 3.63) is 0 Å². The molecule has 0 N–H and O–H groups in total. The van der Waals surface area contributed by atoms with Crippen LogP contribution in [0, 0.1) is 0 Å². The van der Waals surface area contributed by atoms with Gasteiger partial charge in [-0.2, -0.15) is 11.8 Å². The molecule has 7 heteroatoms. The Morgan fingerprint density at radius 1 is 0.760 bits per heavy atom. The molecule has 0 aliphatic rings. The van der Waals surface area contributed by atoms with Crippen molar-refractivity contribution in [2.45, 2.75) is 52.9 Å². The van der Waals surface area contributed by atoms with E-state index in [9.17, 15) is 14.4 Å². The van der Waals surface area contributed by atoms with Gasteiger partial charge < -0.3 is 14.4 Å². The van der Waals surface area contributed by atoms with Crippen molar-refractivity contribution in [3.8, 4) is 0 Å². The summed E-state index contributed by atoms with van der Waals surface area (Å²) in [4.78, 5) is 36.7. The zero-order valence-electron chi connectivity index (χ0n) is 15.9. The van der Waals surface area contributed by atoms with Gasteiger partial charge in [0.1, 0.15) is 5.78 Å². The summed E-state index contributed by atoms with van der Waals surface area (Å²) in [5, 5.41) is 0. The molecule has 6 nitrogen and oxygen atoms in total. The Bertz CT molecular complexity index is 368. The van der Waals surface area contributed by atoms with Crippen LogP contribution in [0.4, 0.5) is 0 Å². The lowest BCUT2D eigenvalue weighted by molar-refractivity contribution is -0.144. The minimum atomic E-state index is -0.206. The average molecular weight is 376 g/mol. The second-order valence-corrected chi connectivity index (χ2v) is 6.83. The lowest BCUT2D eigenvalue weighted by Gasteiger charge is -2.21. The molecule has 0 aromatic carbocycles. The first-order valence-corrected chi connectivity index (χ1v) is 10.3. The molecule has 0 saturated carbocycles. The number of carbonyl (C=O) groups is 3. The van der Waals surface area contributed by atoms with E-state index in [0.29, 0.717) is 52.0 Å². The fraction of sp³-hybridized carbons (Fsp3) is 0.833. The molecule has 146 valence electrons. The number of Topliss-reactive ketones (excluding diaryl/α,β-unsaturated/α-hetero) is 1. The third kappa shape index (κ3) is 14.9. The number of nitrogens with zero attached hydrogens (tertiary/aromatic N) is 1. The van der Waals surface area contributed by atoms with Crippen LogP contribution in [-0.2, 0) is 23.9 Å². The maximum absolute atomic E-state index is 11.7. The van der Waals surface area contributed by atoms with E-state index in [4.69, 9.17) is 9.47 Å². The van der Waals surface area contributed by atoms with Crippen molar-refractivity contribution in [2.24, 2.45) is 0 Å². The predicted octanol–water partition coefficient (Wildman–Crippen LogP) is 2.69. The fourth-order valence-electron chi connectivity index (χ4n) is 2.19. The van der Waals surface area contributed by atoms with Gasteiger partial charge in [0.25, 0.3) is 0 Å². The monoisotopic (exact) mass is 375 g/mol. The van der Waals surface area contributed by atoms with Gasteiger partial charge in [-0.05, 0) is 20.3 Å². The van der Waals surface area contributed by atoms with Gasteiger partial charge in [0.2, 0.25) is 0 Å². The largest absolute Gasteiger partial charge is 0.466 e. The zero-order chi connectivity index (χ0) is 18.9. The SMILES string of the molecule is CCCC(=O)CCN(CCSCCC(=O)OCC)CCC(=O)OCC. The number of rotatable bonds is 16. The summed E-state index contributed by atoms with van der Waals surface area (Å²) < 4.78 is 9.85. The molecular formula is C18H33NO5S. The Labute approximate surface area is 156 Å². The Balaban J connectivity index is 4.12. The standard InChI is InChI=1S/C18H33NO5S/c1-4-7-16(20)8-11-19(12-9-17(21)23-5-2)13-15-25-14-10-18(22)24-6-3/h4-15H2,1-3H3. The van der Waals surface area contributed by atoms with Gasteiger partial charge in [-0.25, -0.2) is 0 Å². The number of esters is 2. The van der Waals surface area contributed by atoms with Crippen LogP contribution in [0.25, 0.3) is 0 Å². The smallest absolute Gasteiger partial charge is 0.307 e. The molecule has 0 spiro atoms. The highest BCUT2D eigenvalue weighted by Gasteiger charge is 2.11. The normalized spacial score (nSPS) is 10.7. The van der Waals surface area contributed by atoms with Crippen LogP contribution in [0.3, 0.4) is 0 Å². The van der Waals surface area contributed by atoms with E-state index < -0.39 is 0 Å². The van der Waals surface area contributed by atoms with Gasteiger partial charge >= 0.3 is 11.9 Å². The van der Waals surface area contributed by atoms with Gasteiger partial charge in [0.05, 0.1) is 26.1 Å². The molecule has 0 fully saturated rings. The number of ketones is 1. The van der Waals surface area contributed by atoms with Crippen LogP contribution in [0.2, 0.25) is 0 Å². The van der Waals surface area contributed by atoms with E-state index in [0.717, 1.165) is 24.5 Å². The summed E-state index contributed by atoms with van der Waals surface area (Å²) in [6.45, 7) is 8.43. The van der Waals surface area contributed by atoms with Crippen LogP contribution in [-0.4, -0.2) is 67.0 Å². The van der Waals surface area contributed by atoms with E-state index in [1.807, 2.05) is 6.92 Å². The Kier molecular flexibility index (Phi) is 15.7. The van der Waals surface area contributed by atoms with Gasteiger partial charge in [0, 0.05) is 44.0 Å². The van der Waals surface area contributed by atoms with Crippen molar-refractivity contribution in [3.63, 3.8) is 0 Å². The molecular weight excluding hydrogens is 342 g/mol. The van der Waals surface area contributed by atoms with Crippen molar-refractivity contribution >= 4 is 29.5 Å². The van der Waals surface area contributed by atoms with E-state index >= 15 is 0 Å². The van der Waals surface area contributed by atoms with Crippen LogP contribution in [0.5, 0.6) is 0 Å². The minimum absolute atomic E-state index is 0.167. The van der Waals surface area contributed by atoms with Crippen molar-refractivity contribution in [1.82, 2.24) is 4.90 Å².